The van der Waals surface area contributed by atoms with E-state index >= 15 is 0 Å². The number of benzene rings is 2. The first-order chi connectivity index (χ1) is 10.6. The van der Waals surface area contributed by atoms with Gasteiger partial charge in [-0.05, 0) is 18.2 Å². The molecule has 1 aromatic heterocycles. The number of pyridine rings is 1. The molecule has 3 rings (SSSR count). The van der Waals surface area contributed by atoms with Gasteiger partial charge >= 0.3 is 0 Å². The van der Waals surface area contributed by atoms with Gasteiger partial charge in [-0.2, -0.15) is 0 Å². The number of carbonyl (C=O) groups is 1. The smallest absolute Gasteiger partial charge is 0.276 e. The number of nitrogens with zero attached hydrogens (tertiary/aromatic N) is 1. The Morgan fingerprint density at radius 2 is 1.59 bits per heavy atom. The molecule has 22 heavy (non-hydrogen) atoms. The highest BCUT2D eigenvalue weighted by Gasteiger charge is 2.20. The van der Waals surface area contributed by atoms with Crippen LogP contribution < -0.4 is 10.9 Å². The third kappa shape index (κ3) is 2.22. The van der Waals surface area contributed by atoms with Gasteiger partial charge in [0.25, 0.3) is 11.5 Å². The number of rotatable bonds is 2. The fourth-order valence-electron chi connectivity index (χ4n) is 2.42. The van der Waals surface area contributed by atoms with Crippen LogP contribution in [0.4, 0.5) is 5.69 Å². The van der Waals surface area contributed by atoms with Crippen LogP contribution in [-0.2, 0) is 7.05 Å². The van der Waals surface area contributed by atoms with E-state index in [9.17, 15) is 14.7 Å². The van der Waals surface area contributed by atoms with E-state index in [1.54, 1.807) is 48.5 Å². The molecule has 2 aromatic carbocycles. The van der Waals surface area contributed by atoms with Crippen LogP contribution in [0.3, 0.4) is 0 Å². The van der Waals surface area contributed by atoms with Crippen molar-refractivity contribution in [3.63, 3.8) is 0 Å². The molecule has 5 nitrogen and oxygen atoms in total. The van der Waals surface area contributed by atoms with E-state index in [0.717, 1.165) is 4.57 Å². The van der Waals surface area contributed by atoms with Crippen molar-refractivity contribution in [3.05, 3.63) is 70.6 Å². The highest BCUT2D eigenvalue weighted by atomic mass is 16.3. The summed E-state index contributed by atoms with van der Waals surface area (Å²) in [5.41, 5.74) is 0.201. The summed E-state index contributed by atoms with van der Waals surface area (Å²) in [5.74, 6) is -0.736. The van der Waals surface area contributed by atoms with E-state index < -0.39 is 5.91 Å². The number of carbonyl (C=O) groups excluding carboxylic acids is 1. The molecule has 1 amide bonds. The minimum absolute atomic E-state index is 0.0625. The largest absolute Gasteiger partial charge is 0.505 e. The Morgan fingerprint density at radius 1 is 1.00 bits per heavy atom. The topological polar surface area (TPSA) is 71.3 Å². The number of hydrogen-bond donors (Lipinski definition) is 2. The summed E-state index contributed by atoms with van der Waals surface area (Å²) in [5, 5.41) is 13.8. The standard InChI is InChI=1S/C17H14N2O3/c1-19-14(16(21)18-11-7-3-2-4-8-11)15(20)12-9-5-6-10-13(12)17(19)22/h2-10,20H,1H3,(H,18,21). The third-order valence-corrected chi connectivity index (χ3v) is 3.52. The monoisotopic (exact) mass is 294 g/mol. The highest BCUT2D eigenvalue weighted by molar-refractivity contribution is 6.08. The number of para-hydroxylation sites is 1. The molecule has 2 N–H and O–H groups in total. The van der Waals surface area contributed by atoms with Crippen LogP contribution in [0.15, 0.2) is 59.4 Å². The summed E-state index contributed by atoms with van der Waals surface area (Å²) >= 11 is 0. The second-order valence-electron chi connectivity index (χ2n) is 4.93. The molecule has 1 heterocycles. The van der Waals surface area contributed by atoms with E-state index in [1.807, 2.05) is 6.07 Å². The van der Waals surface area contributed by atoms with Gasteiger partial charge in [0.2, 0.25) is 0 Å². The molecule has 0 aliphatic rings. The fraction of sp³-hybridized carbons (Fsp3) is 0.0588. The van der Waals surface area contributed by atoms with Gasteiger partial charge < -0.3 is 15.0 Å². The summed E-state index contributed by atoms with van der Waals surface area (Å²) in [6.07, 6.45) is 0. The lowest BCUT2D eigenvalue weighted by molar-refractivity contribution is 0.101. The molecule has 0 atom stereocenters. The van der Waals surface area contributed by atoms with Gasteiger partial charge in [0.05, 0.1) is 5.39 Å². The van der Waals surface area contributed by atoms with Crippen molar-refractivity contribution < 1.29 is 9.90 Å². The van der Waals surface area contributed by atoms with Gasteiger partial charge in [-0.1, -0.05) is 36.4 Å². The van der Waals surface area contributed by atoms with Gasteiger partial charge in [-0.3, -0.25) is 9.59 Å². The zero-order valence-corrected chi connectivity index (χ0v) is 11.9. The molecule has 0 saturated carbocycles. The van der Waals surface area contributed by atoms with Crippen molar-refractivity contribution in [2.24, 2.45) is 7.05 Å². The minimum atomic E-state index is -0.533. The number of aromatic hydroxyl groups is 1. The van der Waals surface area contributed by atoms with Crippen molar-refractivity contribution in [2.45, 2.75) is 0 Å². The molecule has 0 spiro atoms. The van der Waals surface area contributed by atoms with Crippen molar-refractivity contribution >= 4 is 22.4 Å². The van der Waals surface area contributed by atoms with Gasteiger partial charge in [-0.25, -0.2) is 0 Å². The summed E-state index contributed by atoms with van der Waals surface area (Å²) in [4.78, 5) is 24.8. The molecular weight excluding hydrogens is 280 g/mol. The van der Waals surface area contributed by atoms with Crippen LogP contribution in [0.1, 0.15) is 10.5 Å². The van der Waals surface area contributed by atoms with E-state index in [-0.39, 0.29) is 17.0 Å². The molecule has 0 fully saturated rings. The van der Waals surface area contributed by atoms with Crippen LogP contribution >= 0.6 is 0 Å². The minimum Gasteiger partial charge on any atom is -0.505 e. The van der Waals surface area contributed by atoms with Crippen molar-refractivity contribution in [3.8, 4) is 5.75 Å². The third-order valence-electron chi connectivity index (χ3n) is 3.52. The normalized spacial score (nSPS) is 10.6. The summed E-state index contributed by atoms with van der Waals surface area (Å²) in [6, 6.07) is 15.5. The number of nitrogens with one attached hydrogen (secondary N) is 1. The van der Waals surface area contributed by atoms with Crippen LogP contribution in [0.2, 0.25) is 0 Å². The maximum absolute atomic E-state index is 12.4. The van der Waals surface area contributed by atoms with Crippen molar-refractivity contribution in [2.75, 3.05) is 5.32 Å². The Kier molecular flexibility index (Phi) is 3.39. The fourth-order valence-corrected chi connectivity index (χ4v) is 2.42. The SMILES string of the molecule is Cn1c(C(=O)Nc2ccccc2)c(O)c2ccccc2c1=O. The summed E-state index contributed by atoms with van der Waals surface area (Å²) < 4.78 is 1.16. The van der Waals surface area contributed by atoms with Crippen molar-refractivity contribution in [1.29, 1.82) is 0 Å². The van der Waals surface area contributed by atoms with Crippen LogP contribution in [0.25, 0.3) is 10.8 Å². The van der Waals surface area contributed by atoms with Crippen molar-refractivity contribution in [1.82, 2.24) is 4.57 Å². The number of amides is 1. The Morgan fingerprint density at radius 3 is 2.27 bits per heavy atom. The predicted molar refractivity (Wildman–Crippen MR) is 85.2 cm³/mol. The molecule has 0 bridgehead atoms. The number of aromatic nitrogens is 1. The molecule has 0 radical (unpaired) electrons. The maximum Gasteiger partial charge on any atom is 0.276 e. The second kappa shape index (κ2) is 5.37. The van der Waals surface area contributed by atoms with Crippen LogP contribution in [0.5, 0.6) is 5.75 Å². The van der Waals surface area contributed by atoms with Gasteiger partial charge in [0, 0.05) is 18.1 Å². The first-order valence-electron chi connectivity index (χ1n) is 6.76. The highest BCUT2D eigenvalue weighted by Crippen LogP contribution is 2.26. The zero-order chi connectivity index (χ0) is 15.7. The summed E-state index contributed by atoms with van der Waals surface area (Å²) in [7, 11) is 1.47. The quantitative estimate of drug-likeness (QED) is 0.763. The molecule has 0 aliphatic heterocycles. The average Bonchev–Trinajstić information content (AvgIpc) is 2.54. The second-order valence-corrected chi connectivity index (χ2v) is 4.93. The molecule has 110 valence electrons. The molecule has 0 aliphatic carbocycles. The van der Waals surface area contributed by atoms with E-state index in [0.29, 0.717) is 16.5 Å². The van der Waals surface area contributed by atoms with E-state index in [1.165, 1.54) is 7.05 Å². The van der Waals surface area contributed by atoms with Gasteiger partial charge in [0.15, 0.2) is 11.4 Å². The lowest BCUT2D eigenvalue weighted by Crippen LogP contribution is -2.26. The lowest BCUT2D eigenvalue weighted by Gasteiger charge is -2.13. The van der Waals surface area contributed by atoms with E-state index in [4.69, 9.17) is 0 Å². The zero-order valence-electron chi connectivity index (χ0n) is 11.9. The number of anilines is 1. The average molecular weight is 294 g/mol. The van der Waals surface area contributed by atoms with Gasteiger partial charge in [0.1, 0.15) is 0 Å². The van der Waals surface area contributed by atoms with Crippen LogP contribution in [-0.4, -0.2) is 15.6 Å². The summed E-state index contributed by atoms with van der Waals surface area (Å²) in [6.45, 7) is 0. The Labute approximate surface area is 126 Å². The Balaban J connectivity index is 2.15. The Bertz CT molecular complexity index is 914. The predicted octanol–water partition coefficient (Wildman–Crippen LogP) is 2.50. The first-order valence-corrected chi connectivity index (χ1v) is 6.76. The van der Waals surface area contributed by atoms with E-state index in [2.05, 4.69) is 5.32 Å². The Hall–Kier alpha value is -3.08. The first kappa shape index (κ1) is 13.9. The lowest BCUT2D eigenvalue weighted by atomic mass is 10.1. The molecule has 0 saturated heterocycles. The maximum atomic E-state index is 12.4. The molecule has 0 unspecified atom stereocenters. The number of fused-ring (bicyclic) bond motifs is 1. The van der Waals surface area contributed by atoms with Gasteiger partial charge in [-0.15, -0.1) is 0 Å². The van der Waals surface area contributed by atoms with Crippen LogP contribution in [0, 0.1) is 0 Å². The molecule has 5 heteroatoms. The molecule has 3 aromatic rings. The number of hydrogen-bond acceptors (Lipinski definition) is 3. The molecular formula is C17H14N2O3.